The van der Waals surface area contributed by atoms with Gasteiger partial charge in [-0.25, -0.2) is 0 Å². The fraction of sp³-hybridized carbons (Fsp3) is 0.286. The lowest BCUT2D eigenvalue weighted by molar-refractivity contribution is -0.132. The third kappa shape index (κ3) is 3.56. The number of aromatic nitrogens is 3. The molecule has 0 saturated carbocycles. The predicted molar refractivity (Wildman–Crippen MR) is 101 cm³/mol. The molecule has 4 rings (SSSR count). The highest BCUT2D eigenvalue weighted by Crippen LogP contribution is 2.26. The summed E-state index contributed by atoms with van der Waals surface area (Å²) in [6, 6.07) is 17.3. The second kappa shape index (κ2) is 7.23. The maximum Gasteiger partial charge on any atom is 0.227 e. The monoisotopic (exact) mass is 362 g/mol. The highest BCUT2D eigenvalue weighted by atomic mass is 16.3. The summed E-state index contributed by atoms with van der Waals surface area (Å²) < 4.78 is 2.15. The Kier molecular flexibility index (Phi) is 4.62. The number of fused-ring (bicyclic) bond motifs is 1. The fourth-order valence-electron chi connectivity index (χ4n) is 3.73. The molecule has 0 radical (unpaired) electrons. The first-order valence-corrected chi connectivity index (χ1v) is 9.11. The lowest BCUT2D eigenvalue weighted by Crippen LogP contribution is -2.42. The summed E-state index contributed by atoms with van der Waals surface area (Å²) >= 11 is 0. The number of benzene rings is 2. The Balaban J connectivity index is 1.57. The van der Waals surface area contributed by atoms with Crippen LogP contribution in [0.1, 0.15) is 28.8 Å². The lowest BCUT2D eigenvalue weighted by atomic mass is 10.0. The minimum Gasteiger partial charge on any atom is -0.508 e. The van der Waals surface area contributed by atoms with Gasteiger partial charge >= 0.3 is 0 Å². The average Bonchev–Trinajstić information content (AvgIpc) is 3.05. The van der Waals surface area contributed by atoms with Crippen LogP contribution in [0.15, 0.2) is 54.6 Å². The van der Waals surface area contributed by atoms with Gasteiger partial charge in [0.2, 0.25) is 5.91 Å². The molecule has 1 aliphatic heterocycles. The summed E-state index contributed by atoms with van der Waals surface area (Å²) in [6.07, 6.45) is 0.991. The number of phenolic OH excluding ortho intramolecular Hbond substituents is 1. The van der Waals surface area contributed by atoms with Crippen LogP contribution in [0, 0.1) is 6.92 Å². The van der Waals surface area contributed by atoms with Crippen molar-refractivity contribution in [3.05, 3.63) is 77.4 Å². The number of hydrogen-bond donors (Lipinski definition) is 1. The van der Waals surface area contributed by atoms with Crippen LogP contribution in [0.4, 0.5) is 0 Å². The molecule has 1 amide bonds. The van der Waals surface area contributed by atoms with E-state index in [1.54, 1.807) is 18.2 Å². The van der Waals surface area contributed by atoms with E-state index in [-0.39, 0.29) is 24.1 Å². The highest BCUT2D eigenvalue weighted by Gasteiger charge is 2.30. The van der Waals surface area contributed by atoms with Crippen LogP contribution in [-0.2, 0) is 24.2 Å². The molecule has 1 N–H and O–H groups in total. The molecule has 1 atom stereocenters. The first-order chi connectivity index (χ1) is 13.1. The van der Waals surface area contributed by atoms with Crippen molar-refractivity contribution in [1.82, 2.24) is 19.7 Å². The quantitative estimate of drug-likeness (QED) is 0.775. The summed E-state index contributed by atoms with van der Waals surface area (Å²) in [5, 5.41) is 18.5. The molecule has 2 heterocycles. The van der Waals surface area contributed by atoms with E-state index >= 15 is 0 Å². The zero-order valence-corrected chi connectivity index (χ0v) is 15.2. The summed E-state index contributed by atoms with van der Waals surface area (Å²) in [7, 11) is 0. The fourth-order valence-corrected chi connectivity index (χ4v) is 3.73. The third-order valence-electron chi connectivity index (χ3n) is 5.07. The van der Waals surface area contributed by atoms with Crippen LogP contribution >= 0.6 is 0 Å². The minimum atomic E-state index is -0.0125. The normalized spacial score (nSPS) is 16.2. The second-order valence-corrected chi connectivity index (χ2v) is 6.96. The summed E-state index contributed by atoms with van der Waals surface area (Å²) in [6.45, 7) is 3.00. The summed E-state index contributed by atoms with van der Waals surface area (Å²) in [4.78, 5) is 14.7. The number of aromatic hydroxyl groups is 1. The van der Waals surface area contributed by atoms with Crippen molar-refractivity contribution in [2.45, 2.75) is 32.4 Å². The predicted octanol–water partition coefficient (Wildman–Crippen LogP) is 2.66. The number of hydrogen-bond acceptors (Lipinski definition) is 4. The summed E-state index contributed by atoms with van der Waals surface area (Å²) in [5.74, 6) is 1.83. The van der Waals surface area contributed by atoms with E-state index in [9.17, 15) is 9.90 Å². The van der Waals surface area contributed by atoms with Crippen LogP contribution < -0.4 is 0 Å². The number of amides is 1. The van der Waals surface area contributed by atoms with Crippen molar-refractivity contribution < 1.29 is 9.90 Å². The topological polar surface area (TPSA) is 71.2 Å². The molecular weight excluding hydrogens is 340 g/mol. The zero-order valence-electron chi connectivity index (χ0n) is 15.2. The van der Waals surface area contributed by atoms with E-state index in [1.165, 1.54) is 5.56 Å². The Hall–Kier alpha value is -3.15. The molecule has 0 aliphatic carbocycles. The van der Waals surface area contributed by atoms with Crippen LogP contribution in [0.5, 0.6) is 5.75 Å². The van der Waals surface area contributed by atoms with Gasteiger partial charge in [-0.2, -0.15) is 0 Å². The number of nitrogens with zero attached hydrogens (tertiary/aromatic N) is 4. The van der Waals surface area contributed by atoms with Gasteiger partial charge in [0.05, 0.1) is 19.0 Å². The molecule has 27 heavy (non-hydrogen) atoms. The first kappa shape index (κ1) is 17.3. The van der Waals surface area contributed by atoms with Gasteiger partial charge in [0.1, 0.15) is 11.6 Å². The van der Waals surface area contributed by atoms with Gasteiger partial charge in [-0.15, -0.1) is 10.2 Å². The van der Waals surface area contributed by atoms with Gasteiger partial charge in [0, 0.05) is 12.1 Å². The van der Waals surface area contributed by atoms with Crippen LogP contribution in [-0.4, -0.2) is 37.2 Å². The molecule has 0 fully saturated rings. The van der Waals surface area contributed by atoms with Gasteiger partial charge in [-0.05, 0) is 25.0 Å². The van der Waals surface area contributed by atoms with Gasteiger partial charge in [0.25, 0.3) is 0 Å². The Morgan fingerprint density at radius 3 is 2.63 bits per heavy atom. The molecule has 0 unspecified atom stereocenters. The molecular formula is C21H22N4O2. The number of para-hydroxylation sites is 1. The van der Waals surface area contributed by atoms with Crippen molar-refractivity contribution in [2.24, 2.45) is 0 Å². The third-order valence-corrected chi connectivity index (χ3v) is 5.07. The van der Waals surface area contributed by atoms with E-state index in [0.717, 1.165) is 18.1 Å². The minimum absolute atomic E-state index is 0.0125. The molecule has 0 spiro atoms. The van der Waals surface area contributed by atoms with Crippen molar-refractivity contribution >= 4 is 5.91 Å². The molecule has 2 aromatic carbocycles. The van der Waals surface area contributed by atoms with E-state index < -0.39 is 0 Å². The second-order valence-electron chi connectivity index (χ2n) is 6.96. The maximum atomic E-state index is 12.9. The largest absolute Gasteiger partial charge is 0.508 e. The Morgan fingerprint density at radius 2 is 1.85 bits per heavy atom. The SMILES string of the molecule is Cc1nnc2n1[C@H](Cc1ccccc1)CN(C(=O)Cc1ccccc1O)C2. The van der Waals surface area contributed by atoms with E-state index in [4.69, 9.17) is 0 Å². The molecule has 138 valence electrons. The number of rotatable bonds is 4. The highest BCUT2D eigenvalue weighted by molar-refractivity contribution is 5.79. The average molecular weight is 362 g/mol. The van der Waals surface area contributed by atoms with E-state index in [1.807, 2.05) is 36.1 Å². The molecule has 1 aromatic heterocycles. The Labute approximate surface area is 158 Å². The number of carbonyl (C=O) groups is 1. The van der Waals surface area contributed by atoms with E-state index in [2.05, 4.69) is 26.9 Å². The zero-order chi connectivity index (χ0) is 18.8. The van der Waals surface area contributed by atoms with Gasteiger partial charge in [-0.3, -0.25) is 4.79 Å². The molecule has 6 heteroatoms. The standard InChI is InChI=1S/C21H22N4O2/c1-15-22-23-20-14-24(21(27)12-17-9-5-6-10-19(17)26)13-18(25(15)20)11-16-7-3-2-4-8-16/h2-10,18,26H,11-14H2,1H3/t18-/m1/s1. The van der Waals surface area contributed by atoms with Crippen molar-refractivity contribution in [3.63, 3.8) is 0 Å². The Bertz CT molecular complexity index is 952. The molecule has 3 aromatic rings. The Morgan fingerprint density at radius 1 is 1.11 bits per heavy atom. The van der Waals surface area contributed by atoms with Gasteiger partial charge < -0.3 is 14.6 Å². The molecule has 0 bridgehead atoms. The van der Waals surface area contributed by atoms with Crippen LogP contribution in [0.2, 0.25) is 0 Å². The number of carbonyl (C=O) groups excluding carboxylic acids is 1. The van der Waals surface area contributed by atoms with Crippen LogP contribution in [0.25, 0.3) is 0 Å². The maximum absolute atomic E-state index is 12.9. The van der Waals surface area contributed by atoms with Gasteiger partial charge in [-0.1, -0.05) is 48.5 Å². The van der Waals surface area contributed by atoms with Crippen molar-refractivity contribution in [2.75, 3.05) is 6.54 Å². The summed E-state index contributed by atoms with van der Waals surface area (Å²) in [5.41, 5.74) is 1.86. The van der Waals surface area contributed by atoms with Crippen LogP contribution in [0.3, 0.4) is 0 Å². The number of aryl methyl sites for hydroxylation is 1. The van der Waals surface area contributed by atoms with Gasteiger partial charge in [0.15, 0.2) is 5.82 Å². The number of phenols is 1. The molecule has 1 aliphatic rings. The van der Waals surface area contributed by atoms with Crippen molar-refractivity contribution in [3.8, 4) is 5.75 Å². The smallest absolute Gasteiger partial charge is 0.227 e. The van der Waals surface area contributed by atoms with Crippen molar-refractivity contribution in [1.29, 1.82) is 0 Å². The molecule has 0 saturated heterocycles. The first-order valence-electron chi connectivity index (χ1n) is 9.11. The molecule has 6 nitrogen and oxygen atoms in total. The lowest BCUT2D eigenvalue weighted by Gasteiger charge is -2.34. The van der Waals surface area contributed by atoms with E-state index in [0.29, 0.717) is 18.7 Å².